The number of hydrogen-bond acceptors (Lipinski definition) is 2. The monoisotopic (exact) mass is 249 g/mol. The molecule has 4 nitrogen and oxygen atoms in total. The summed E-state index contributed by atoms with van der Waals surface area (Å²) in [5, 5.41) is 11.6. The van der Waals surface area contributed by atoms with E-state index in [0.717, 1.165) is 11.1 Å². The molecule has 1 aromatic carbocycles. The molecule has 0 aliphatic heterocycles. The molecule has 0 aliphatic rings. The van der Waals surface area contributed by atoms with E-state index in [-0.39, 0.29) is 12.3 Å². The number of hydrogen-bond donors (Lipinski definition) is 2. The molecule has 0 bridgehead atoms. The summed E-state index contributed by atoms with van der Waals surface area (Å²) in [7, 11) is 0. The number of amides is 1. The van der Waals surface area contributed by atoms with Crippen molar-refractivity contribution in [3.05, 3.63) is 35.4 Å². The zero-order valence-corrected chi connectivity index (χ0v) is 11.0. The van der Waals surface area contributed by atoms with E-state index in [0.29, 0.717) is 6.42 Å². The van der Waals surface area contributed by atoms with Crippen LogP contribution in [0.3, 0.4) is 0 Å². The van der Waals surface area contributed by atoms with Gasteiger partial charge >= 0.3 is 5.97 Å². The predicted octanol–water partition coefficient (Wildman–Crippen LogP) is 1.91. The SMILES string of the molecule is CCC(C)(NC(=O)Cc1cccc(C)c1)C(=O)O. The average molecular weight is 249 g/mol. The van der Waals surface area contributed by atoms with E-state index < -0.39 is 11.5 Å². The number of aliphatic carboxylic acids is 1. The molecule has 98 valence electrons. The van der Waals surface area contributed by atoms with Crippen LogP contribution in [0, 0.1) is 6.92 Å². The maximum Gasteiger partial charge on any atom is 0.329 e. The van der Waals surface area contributed by atoms with Gasteiger partial charge in [0.25, 0.3) is 0 Å². The lowest BCUT2D eigenvalue weighted by Crippen LogP contribution is -2.52. The van der Waals surface area contributed by atoms with Crippen LogP contribution in [0.1, 0.15) is 31.4 Å². The molecule has 0 radical (unpaired) electrons. The molecule has 1 rings (SSSR count). The Morgan fingerprint density at radius 2 is 2.06 bits per heavy atom. The summed E-state index contributed by atoms with van der Waals surface area (Å²) in [6.07, 6.45) is 0.548. The predicted molar refractivity (Wildman–Crippen MR) is 69.4 cm³/mol. The molecule has 1 amide bonds. The first-order valence-electron chi connectivity index (χ1n) is 5.97. The zero-order chi connectivity index (χ0) is 13.8. The van der Waals surface area contributed by atoms with Crippen molar-refractivity contribution in [2.45, 2.75) is 39.2 Å². The summed E-state index contributed by atoms with van der Waals surface area (Å²) < 4.78 is 0. The molecule has 1 atom stereocenters. The molecule has 0 saturated carbocycles. The van der Waals surface area contributed by atoms with Gasteiger partial charge in [-0.2, -0.15) is 0 Å². The minimum Gasteiger partial charge on any atom is -0.480 e. The highest BCUT2D eigenvalue weighted by Crippen LogP contribution is 2.11. The van der Waals surface area contributed by atoms with Crippen molar-refractivity contribution < 1.29 is 14.7 Å². The third-order valence-electron chi connectivity index (χ3n) is 3.04. The topological polar surface area (TPSA) is 66.4 Å². The highest BCUT2D eigenvalue weighted by molar-refractivity contribution is 5.87. The molecular weight excluding hydrogens is 230 g/mol. The molecular formula is C14H19NO3. The number of carboxylic acids is 1. The second-order valence-electron chi connectivity index (χ2n) is 4.70. The summed E-state index contributed by atoms with van der Waals surface area (Å²) in [4.78, 5) is 22.9. The minimum atomic E-state index is -1.19. The Hall–Kier alpha value is -1.84. The molecule has 0 saturated heterocycles. The molecule has 0 fully saturated rings. The van der Waals surface area contributed by atoms with Gasteiger partial charge in [0.15, 0.2) is 0 Å². The lowest BCUT2D eigenvalue weighted by Gasteiger charge is -2.24. The first kappa shape index (κ1) is 14.2. The number of aryl methyl sites for hydroxylation is 1. The Balaban J connectivity index is 2.70. The summed E-state index contributed by atoms with van der Waals surface area (Å²) in [6.45, 7) is 5.21. The Morgan fingerprint density at radius 1 is 1.39 bits per heavy atom. The standard InChI is InChI=1S/C14H19NO3/c1-4-14(3,13(17)18)15-12(16)9-11-7-5-6-10(2)8-11/h5-8H,4,9H2,1-3H3,(H,15,16)(H,17,18). The van der Waals surface area contributed by atoms with Crippen LogP contribution < -0.4 is 5.32 Å². The minimum absolute atomic E-state index is 0.199. The maximum atomic E-state index is 11.8. The van der Waals surface area contributed by atoms with Crippen LogP contribution in [0.2, 0.25) is 0 Å². The summed E-state index contributed by atoms with van der Waals surface area (Å²) in [5.74, 6) is -1.28. The Kier molecular flexibility index (Phi) is 4.48. The number of benzene rings is 1. The molecule has 0 spiro atoms. The lowest BCUT2D eigenvalue weighted by molar-refractivity contribution is -0.146. The van der Waals surface area contributed by atoms with Crippen molar-refractivity contribution in [3.8, 4) is 0 Å². The van der Waals surface area contributed by atoms with Crippen LogP contribution in [0.15, 0.2) is 24.3 Å². The average Bonchev–Trinajstić information content (AvgIpc) is 2.28. The normalized spacial score (nSPS) is 13.7. The fraction of sp³-hybridized carbons (Fsp3) is 0.429. The van der Waals surface area contributed by atoms with Crippen molar-refractivity contribution >= 4 is 11.9 Å². The van der Waals surface area contributed by atoms with Crippen LogP contribution in [0.4, 0.5) is 0 Å². The highest BCUT2D eigenvalue weighted by Gasteiger charge is 2.32. The van der Waals surface area contributed by atoms with Crippen molar-refractivity contribution in [3.63, 3.8) is 0 Å². The summed E-state index contributed by atoms with van der Waals surface area (Å²) >= 11 is 0. The first-order chi connectivity index (χ1) is 8.37. The molecule has 1 aromatic rings. The van der Waals surface area contributed by atoms with E-state index in [4.69, 9.17) is 5.11 Å². The van der Waals surface area contributed by atoms with E-state index in [1.54, 1.807) is 6.92 Å². The number of nitrogens with one attached hydrogen (secondary N) is 1. The molecule has 0 aliphatic carbocycles. The van der Waals surface area contributed by atoms with Gasteiger partial charge in [0.2, 0.25) is 5.91 Å². The lowest BCUT2D eigenvalue weighted by atomic mass is 9.98. The number of carbonyl (C=O) groups excluding carboxylic acids is 1. The molecule has 0 aromatic heterocycles. The molecule has 0 heterocycles. The zero-order valence-electron chi connectivity index (χ0n) is 11.0. The van der Waals surface area contributed by atoms with Gasteiger partial charge < -0.3 is 10.4 Å². The smallest absolute Gasteiger partial charge is 0.329 e. The van der Waals surface area contributed by atoms with Crippen LogP contribution in [0.5, 0.6) is 0 Å². The van der Waals surface area contributed by atoms with E-state index in [1.807, 2.05) is 31.2 Å². The van der Waals surface area contributed by atoms with Gasteiger partial charge in [-0.05, 0) is 25.8 Å². The van der Waals surface area contributed by atoms with Crippen LogP contribution in [0.25, 0.3) is 0 Å². The van der Waals surface area contributed by atoms with Gasteiger partial charge in [-0.1, -0.05) is 36.8 Å². The van der Waals surface area contributed by atoms with Crippen LogP contribution in [-0.2, 0) is 16.0 Å². The van der Waals surface area contributed by atoms with Crippen molar-refractivity contribution in [2.75, 3.05) is 0 Å². The fourth-order valence-electron chi connectivity index (χ4n) is 1.65. The first-order valence-corrected chi connectivity index (χ1v) is 5.97. The highest BCUT2D eigenvalue weighted by atomic mass is 16.4. The van der Waals surface area contributed by atoms with Crippen molar-refractivity contribution in [1.82, 2.24) is 5.32 Å². The summed E-state index contributed by atoms with van der Waals surface area (Å²) in [6, 6.07) is 7.61. The number of carbonyl (C=O) groups is 2. The molecule has 1 unspecified atom stereocenters. The van der Waals surface area contributed by atoms with Gasteiger partial charge in [0.1, 0.15) is 5.54 Å². The van der Waals surface area contributed by atoms with Crippen LogP contribution >= 0.6 is 0 Å². The quantitative estimate of drug-likeness (QED) is 0.837. The summed E-state index contributed by atoms with van der Waals surface area (Å²) in [5.41, 5.74) is 0.772. The molecule has 4 heteroatoms. The molecule has 18 heavy (non-hydrogen) atoms. The Bertz CT molecular complexity index is 456. The third kappa shape index (κ3) is 3.58. The van der Waals surface area contributed by atoms with Gasteiger partial charge in [-0.3, -0.25) is 4.79 Å². The van der Waals surface area contributed by atoms with E-state index in [9.17, 15) is 9.59 Å². The van der Waals surface area contributed by atoms with E-state index in [1.165, 1.54) is 6.92 Å². The number of carboxylic acid groups (broad SMARTS) is 1. The van der Waals surface area contributed by atoms with Gasteiger partial charge in [-0.15, -0.1) is 0 Å². The van der Waals surface area contributed by atoms with E-state index >= 15 is 0 Å². The van der Waals surface area contributed by atoms with Gasteiger partial charge in [0, 0.05) is 0 Å². The van der Waals surface area contributed by atoms with E-state index in [2.05, 4.69) is 5.32 Å². The number of rotatable bonds is 5. The van der Waals surface area contributed by atoms with Gasteiger partial charge in [0.05, 0.1) is 6.42 Å². The second kappa shape index (κ2) is 5.67. The fourth-order valence-corrected chi connectivity index (χ4v) is 1.65. The Labute approximate surface area is 107 Å². The maximum absolute atomic E-state index is 11.8. The van der Waals surface area contributed by atoms with Gasteiger partial charge in [-0.25, -0.2) is 4.79 Å². The largest absolute Gasteiger partial charge is 0.480 e. The van der Waals surface area contributed by atoms with Crippen molar-refractivity contribution in [1.29, 1.82) is 0 Å². The molecule has 2 N–H and O–H groups in total. The Morgan fingerprint density at radius 3 is 2.56 bits per heavy atom. The second-order valence-corrected chi connectivity index (χ2v) is 4.70. The van der Waals surface area contributed by atoms with Crippen LogP contribution in [-0.4, -0.2) is 22.5 Å². The van der Waals surface area contributed by atoms with Crippen molar-refractivity contribution in [2.24, 2.45) is 0 Å². The third-order valence-corrected chi connectivity index (χ3v) is 3.04.